The molecule has 2 heterocycles. The van der Waals surface area contributed by atoms with Crippen LogP contribution in [0, 0.1) is 5.92 Å². The van der Waals surface area contributed by atoms with E-state index < -0.39 is 9.84 Å². The maximum atomic E-state index is 12.7. The average Bonchev–Trinajstić information content (AvgIpc) is 2.97. The van der Waals surface area contributed by atoms with Gasteiger partial charge in [-0.1, -0.05) is 6.92 Å². The zero-order valence-corrected chi connectivity index (χ0v) is 13.0. The van der Waals surface area contributed by atoms with Crippen molar-refractivity contribution >= 4 is 15.7 Å². The molecule has 3 unspecified atom stereocenters. The van der Waals surface area contributed by atoms with Crippen LogP contribution in [-0.2, 0) is 19.4 Å². The van der Waals surface area contributed by atoms with Crippen molar-refractivity contribution in [2.75, 3.05) is 37.8 Å². The summed E-state index contributed by atoms with van der Waals surface area (Å²) in [4.78, 5) is 14.4. The standard InChI is InChI=1S/C13H24N2O4S/c1-3-14-12-8-19-7-11(12)13(16)15(4-2)10-5-6-20(17,18)9-10/h10-12,14H,3-9H2,1-2H3. The van der Waals surface area contributed by atoms with Crippen molar-refractivity contribution in [2.45, 2.75) is 32.4 Å². The number of carbonyl (C=O) groups is 1. The van der Waals surface area contributed by atoms with Gasteiger partial charge in [-0.25, -0.2) is 8.42 Å². The molecule has 6 nitrogen and oxygen atoms in total. The van der Waals surface area contributed by atoms with E-state index in [0.29, 0.717) is 26.2 Å². The Morgan fingerprint density at radius 1 is 1.35 bits per heavy atom. The molecule has 2 aliphatic rings. The number of sulfone groups is 1. The molecule has 3 atom stereocenters. The lowest BCUT2D eigenvalue weighted by Crippen LogP contribution is -2.49. The Hall–Kier alpha value is -0.660. The molecule has 0 radical (unpaired) electrons. The van der Waals surface area contributed by atoms with E-state index in [-0.39, 0.29) is 35.4 Å². The van der Waals surface area contributed by atoms with Crippen molar-refractivity contribution in [1.82, 2.24) is 10.2 Å². The summed E-state index contributed by atoms with van der Waals surface area (Å²) in [6.07, 6.45) is 0.557. The molecule has 20 heavy (non-hydrogen) atoms. The molecule has 7 heteroatoms. The molecule has 2 fully saturated rings. The third-order valence-corrected chi connectivity index (χ3v) is 5.89. The summed E-state index contributed by atoms with van der Waals surface area (Å²) < 4.78 is 28.6. The first kappa shape index (κ1) is 15.7. The molecular weight excluding hydrogens is 280 g/mol. The number of rotatable bonds is 5. The number of nitrogens with zero attached hydrogens (tertiary/aromatic N) is 1. The Balaban J connectivity index is 2.05. The van der Waals surface area contributed by atoms with Crippen molar-refractivity contribution < 1.29 is 17.9 Å². The van der Waals surface area contributed by atoms with Crippen LogP contribution in [0.1, 0.15) is 20.3 Å². The number of hydrogen-bond donors (Lipinski definition) is 1. The Morgan fingerprint density at radius 3 is 2.65 bits per heavy atom. The van der Waals surface area contributed by atoms with Crippen LogP contribution in [0.4, 0.5) is 0 Å². The van der Waals surface area contributed by atoms with Crippen molar-refractivity contribution in [3.63, 3.8) is 0 Å². The highest BCUT2D eigenvalue weighted by Gasteiger charge is 2.40. The molecule has 2 saturated heterocycles. The first-order valence-corrected chi connectivity index (χ1v) is 9.12. The van der Waals surface area contributed by atoms with E-state index in [9.17, 15) is 13.2 Å². The molecule has 116 valence electrons. The first-order chi connectivity index (χ1) is 9.48. The van der Waals surface area contributed by atoms with Crippen molar-refractivity contribution in [3.05, 3.63) is 0 Å². The van der Waals surface area contributed by atoms with Crippen molar-refractivity contribution in [1.29, 1.82) is 0 Å². The molecular formula is C13H24N2O4S. The van der Waals surface area contributed by atoms with E-state index in [1.54, 1.807) is 4.90 Å². The Kier molecular flexibility index (Phi) is 5.04. The topological polar surface area (TPSA) is 75.7 Å². The first-order valence-electron chi connectivity index (χ1n) is 7.30. The van der Waals surface area contributed by atoms with E-state index in [1.807, 2.05) is 13.8 Å². The van der Waals surface area contributed by atoms with Gasteiger partial charge in [0.1, 0.15) is 0 Å². The van der Waals surface area contributed by atoms with Crippen molar-refractivity contribution in [3.8, 4) is 0 Å². The smallest absolute Gasteiger partial charge is 0.229 e. The summed E-state index contributed by atoms with van der Waals surface area (Å²) in [6.45, 7) is 6.22. The zero-order valence-electron chi connectivity index (χ0n) is 12.2. The maximum absolute atomic E-state index is 12.7. The second-order valence-corrected chi connectivity index (χ2v) is 7.72. The van der Waals surface area contributed by atoms with Gasteiger partial charge in [0.2, 0.25) is 5.91 Å². The molecule has 0 saturated carbocycles. The van der Waals surface area contributed by atoms with Gasteiger partial charge in [-0.2, -0.15) is 0 Å². The van der Waals surface area contributed by atoms with Crippen LogP contribution in [0.3, 0.4) is 0 Å². The molecule has 2 rings (SSSR count). The van der Waals surface area contributed by atoms with Crippen LogP contribution in [-0.4, -0.2) is 69.1 Å². The highest BCUT2D eigenvalue weighted by atomic mass is 32.2. The minimum absolute atomic E-state index is 0.0260. The van der Waals surface area contributed by atoms with E-state index in [4.69, 9.17) is 4.74 Å². The van der Waals surface area contributed by atoms with Gasteiger partial charge in [0, 0.05) is 18.6 Å². The quantitative estimate of drug-likeness (QED) is 0.751. The highest BCUT2D eigenvalue weighted by Crippen LogP contribution is 2.23. The molecule has 0 aromatic heterocycles. The predicted octanol–water partition coefficient (Wildman–Crippen LogP) is -0.353. The third-order valence-electron chi connectivity index (χ3n) is 4.14. The van der Waals surface area contributed by atoms with Gasteiger partial charge in [-0.3, -0.25) is 4.79 Å². The highest BCUT2D eigenvalue weighted by molar-refractivity contribution is 7.91. The molecule has 1 amide bonds. The molecule has 0 aromatic carbocycles. The second kappa shape index (κ2) is 6.41. The minimum Gasteiger partial charge on any atom is -0.379 e. The van der Waals surface area contributed by atoms with Gasteiger partial charge in [0.05, 0.1) is 30.6 Å². The van der Waals surface area contributed by atoms with Crippen molar-refractivity contribution in [2.24, 2.45) is 5.92 Å². The lowest BCUT2D eigenvalue weighted by molar-refractivity contribution is -0.137. The van der Waals surface area contributed by atoms with Gasteiger partial charge in [-0.05, 0) is 19.9 Å². The number of carbonyl (C=O) groups excluding carboxylic acids is 1. The molecule has 0 bridgehead atoms. The Bertz CT molecular complexity index is 451. The van der Waals surface area contributed by atoms with Gasteiger partial charge >= 0.3 is 0 Å². The van der Waals surface area contributed by atoms with E-state index in [1.165, 1.54) is 0 Å². The summed E-state index contributed by atoms with van der Waals surface area (Å²) >= 11 is 0. The van der Waals surface area contributed by atoms with Crippen LogP contribution in [0.25, 0.3) is 0 Å². The molecule has 0 aromatic rings. The molecule has 0 spiro atoms. The summed E-state index contributed by atoms with van der Waals surface area (Å²) in [5.74, 6) is 0.127. The third kappa shape index (κ3) is 3.32. The number of ether oxygens (including phenoxy) is 1. The largest absolute Gasteiger partial charge is 0.379 e. The lowest BCUT2D eigenvalue weighted by Gasteiger charge is -2.31. The summed E-state index contributed by atoms with van der Waals surface area (Å²) in [5.41, 5.74) is 0. The number of nitrogens with one attached hydrogen (secondary N) is 1. The SMILES string of the molecule is CCNC1COCC1C(=O)N(CC)C1CCS(=O)(=O)C1. The lowest BCUT2D eigenvalue weighted by atomic mass is 10.0. The van der Waals surface area contributed by atoms with Gasteiger partial charge in [-0.15, -0.1) is 0 Å². The van der Waals surface area contributed by atoms with Crippen LogP contribution in [0.5, 0.6) is 0 Å². The summed E-state index contributed by atoms with van der Waals surface area (Å²) in [7, 11) is -2.97. The fraction of sp³-hybridized carbons (Fsp3) is 0.923. The average molecular weight is 304 g/mol. The Morgan fingerprint density at radius 2 is 2.10 bits per heavy atom. The van der Waals surface area contributed by atoms with Gasteiger partial charge in [0.15, 0.2) is 9.84 Å². The summed E-state index contributed by atoms with van der Waals surface area (Å²) in [5, 5.41) is 3.27. The maximum Gasteiger partial charge on any atom is 0.229 e. The summed E-state index contributed by atoms with van der Waals surface area (Å²) in [6, 6.07) is -0.125. The minimum atomic E-state index is -2.97. The van der Waals surface area contributed by atoms with Gasteiger partial charge in [0.25, 0.3) is 0 Å². The Labute approximate surface area is 120 Å². The number of hydrogen-bond acceptors (Lipinski definition) is 5. The molecule has 2 aliphatic heterocycles. The second-order valence-electron chi connectivity index (χ2n) is 5.49. The van der Waals surface area contributed by atoms with Crippen LogP contribution in [0.2, 0.25) is 0 Å². The van der Waals surface area contributed by atoms with E-state index in [0.717, 1.165) is 6.54 Å². The number of amides is 1. The van der Waals surface area contributed by atoms with E-state index >= 15 is 0 Å². The monoisotopic (exact) mass is 304 g/mol. The van der Waals surface area contributed by atoms with Gasteiger partial charge < -0.3 is 15.0 Å². The zero-order chi connectivity index (χ0) is 14.8. The van der Waals surface area contributed by atoms with Crippen LogP contribution in [0.15, 0.2) is 0 Å². The van der Waals surface area contributed by atoms with Crippen LogP contribution >= 0.6 is 0 Å². The van der Waals surface area contributed by atoms with E-state index in [2.05, 4.69) is 5.32 Å². The fourth-order valence-corrected chi connectivity index (χ4v) is 4.82. The normalized spacial score (nSPS) is 32.4. The fourth-order valence-electron chi connectivity index (χ4n) is 3.09. The molecule has 0 aliphatic carbocycles. The molecule has 1 N–H and O–H groups in total. The van der Waals surface area contributed by atoms with Crippen LogP contribution < -0.4 is 5.32 Å². The number of likely N-dealkylation sites (N-methyl/N-ethyl adjacent to an activating group) is 1. The predicted molar refractivity (Wildman–Crippen MR) is 76.2 cm³/mol.